The Bertz CT molecular complexity index is 734. The van der Waals surface area contributed by atoms with Gasteiger partial charge in [0.2, 0.25) is 0 Å². The van der Waals surface area contributed by atoms with Crippen molar-refractivity contribution in [2.24, 2.45) is 5.73 Å². The maximum Gasteiger partial charge on any atom is 0.131 e. The Morgan fingerprint density at radius 2 is 1.95 bits per heavy atom. The van der Waals surface area contributed by atoms with Gasteiger partial charge in [-0.05, 0) is 30.7 Å². The number of halogens is 1. The number of imidazole rings is 1. The summed E-state index contributed by atoms with van der Waals surface area (Å²) in [6.45, 7) is 2.71. The van der Waals surface area contributed by atoms with Gasteiger partial charge in [-0.15, -0.1) is 0 Å². The predicted octanol–water partition coefficient (Wildman–Crippen LogP) is 3.24. The van der Waals surface area contributed by atoms with E-state index in [2.05, 4.69) is 4.98 Å². The van der Waals surface area contributed by atoms with Crippen LogP contribution in [0.3, 0.4) is 0 Å². The summed E-state index contributed by atoms with van der Waals surface area (Å²) in [5, 5.41) is 0. The lowest BCUT2D eigenvalue weighted by Crippen LogP contribution is -2.17. The zero-order chi connectivity index (χ0) is 14.1. The third-order valence-corrected chi connectivity index (χ3v) is 3.49. The summed E-state index contributed by atoms with van der Waals surface area (Å²) >= 11 is 0. The second-order valence-electron chi connectivity index (χ2n) is 4.74. The van der Waals surface area contributed by atoms with Crippen LogP contribution in [0.2, 0.25) is 0 Å². The first-order valence-electron chi connectivity index (χ1n) is 6.67. The third kappa shape index (κ3) is 2.08. The van der Waals surface area contributed by atoms with Crippen LogP contribution in [0.1, 0.15) is 24.4 Å². The first-order chi connectivity index (χ1) is 9.70. The molecule has 0 aliphatic heterocycles. The van der Waals surface area contributed by atoms with Crippen LogP contribution in [0, 0.1) is 5.82 Å². The number of benzene rings is 2. The SMILES string of the molecule is CCn1c(C(N)c2ccccc2)nc2ccc(F)cc21. The van der Waals surface area contributed by atoms with E-state index in [0.29, 0.717) is 6.54 Å². The fourth-order valence-corrected chi connectivity index (χ4v) is 2.49. The van der Waals surface area contributed by atoms with Gasteiger partial charge < -0.3 is 10.3 Å². The molecule has 0 fully saturated rings. The highest BCUT2D eigenvalue weighted by Gasteiger charge is 2.17. The van der Waals surface area contributed by atoms with E-state index in [9.17, 15) is 4.39 Å². The Labute approximate surface area is 116 Å². The number of fused-ring (bicyclic) bond motifs is 1. The quantitative estimate of drug-likeness (QED) is 0.793. The average molecular weight is 269 g/mol. The summed E-state index contributed by atoms with van der Waals surface area (Å²) in [6.07, 6.45) is 0. The van der Waals surface area contributed by atoms with Gasteiger partial charge >= 0.3 is 0 Å². The number of hydrogen-bond donors (Lipinski definition) is 1. The van der Waals surface area contributed by atoms with Crippen molar-refractivity contribution in [2.45, 2.75) is 19.5 Å². The molecule has 0 bridgehead atoms. The second-order valence-corrected chi connectivity index (χ2v) is 4.74. The zero-order valence-corrected chi connectivity index (χ0v) is 11.3. The fraction of sp³-hybridized carbons (Fsp3) is 0.188. The maximum atomic E-state index is 13.4. The first-order valence-corrected chi connectivity index (χ1v) is 6.67. The normalized spacial score (nSPS) is 12.8. The molecule has 4 heteroatoms. The summed E-state index contributed by atoms with van der Waals surface area (Å²) in [4.78, 5) is 4.57. The number of hydrogen-bond acceptors (Lipinski definition) is 2. The van der Waals surface area contributed by atoms with Crippen LogP contribution in [0.5, 0.6) is 0 Å². The van der Waals surface area contributed by atoms with Gasteiger partial charge in [-0.25, -0.2) is 9.37 Å². The van der Waals surface area contributed by atoms with E-state index in [1.165, 1.54) is 12.1 Å². The van der Waals surface area contributed by atoms with Gasteiger partial charge in [-0.3, -0.25) is 0 Å². The number of nitrogens with two attached hydrogens (primary N) is 1. The van der Waals surface area contributed by atoms with Crippen molar-refractivity contribution in [2.75, 3.05) is 0 Å². The van der Waals surface area contributed by atoms with Crippen molar-refractivity contribution in [3.05, 3.63) is 65.7 Å². The lowest BCUT2D eigenvalue weighted by atomic mass is 10.1. The summed E-state index contributed by atoms with van der Waals surface area (Å²) in [7, 11) is 0. The molecule has 0 aliphatic carbocycles. The summed E-state index contributed by atoms with van der Waals surface area (Å²) in [5.41, 5.74) is 8.87. The zero-order valence-electron chi connectivity index (χ0n) is 11.3. The van der Waals surface area contributed by atoms with Crippen LogP contribution >= 0.6 is 0 Å². The molecule has 2 N–H and O–H groups in total. The van der Waals surface area contributed by atoms with E-state index in [1.54, 1.807) is 6.07 Å². The van der Waals surface area contributed by atoms with Crippen molar-refractivity contribution >= 4 is 11.0 Å². The molecule has 0 saturated carbocycles. The highest BCUT2D eigenvalue weighted by Crippen LogP contribution is 2.24. The predicted molar refractivity (Wildman–Crippen MR) is 77.8 cm³/mol. The van der Waals surface area contributed by atoms with Crippen LogP contribution < -0.4 is 5.73 Å². The maximum absolute atomic E-state index is 13.4. The molecule has 3 rings (SSSR count). The van der Waals surface area contributed by atoms with Gasteiger partial charge in [0.25, 0.3) is 0 Å². The topological polar surface area (TPSA) is 43.8 Å². The van der Waals surface area contributed by atoms with Gasteiger partial charge in [0, 0.05) is 6.54 Å². The number of rotatable bonds is 3. The van der Waals surface area contributed by atoms with Gasteiger partial charge in [-0.1, -0.05) is 30.3 Å². The Kier molecular flexibility index (Phi) is 3.24. The molecule has 102 valence electrons. The van der Waals surface area contributed by atoms with Crippen molar-refractivity contribution < 1.29 is 4.39 Å². The average Bonchev–Trinajstić information content (AvgIpc) is 2.85. The monoisotopic (exact) mass is 269 g/mol. The van der Waals surface area contributed by atoms with Crippen molar-refractivity contribution in [3.63, 3.8) is 0 Å². The lowest BCUT2D eigenvalue weighted by Gasteiger charge is -2.13. The van der Waals surface area contributed by atoms with Gasteiger partial charge in [0.1, 0.15) is 11.6 Å². The highest BCUT2D eigenvalue weighted by molar-refractivity contribution is 5.76. The Balaban J connectivity index is 2.16. The Morgan fingerprint density at radius 1 is 1.20 bits per heavy atom. The highest BCUT2D eigenvalue weighted by atomic mass is 19.1. The fourth-order valence-electron chi connectivity index (χ4n) is 2.49. The molecule has 1 atom stereocenters. The minimum Gasteiger partial charge on any atom is -0.327 e. The lowest BCUT2D eigenvalue weighted by molar-refractivity contribution is 0.626. The minimum absolute atomic E-state index is 0.257. The molecule has 3 nitrogen and oxygen atoms in total. The van der Waals surface area contributed by atoms with Crippen LogP contribution in [-0.4, -0.2) is 9.55 Å². The number of aryl methyl sites for hydroxylation is 1. The van der Waals surface area contributed by atoms with Crippen LogP contribution in [0.25, 0.3) is 11.0 Å². The summed E-state index contributed by atoms with van der Waals surface area (Å²) in [6, 6.07) is 14.1. The third-order valence-electron chi connectivity index (χ3n) is 3.49. The molecule has 1 heterocycles. The first kappa shape index (κ1) is 12.8. The molecule has 3 aromatic rings. The molecular formula is C16H16FN3. The molecular weight excluding hydrogens is 253 g/mol. The van der Waals surface area contributed by atoms with Gasteiger partial charge in [0.05, 0.1) is 17.1 Å². The largest absolute Gasteiger partial charge is 0.327 e. The van der Waals surface area contributed by atoms with Crippen molar-refractivity contribution in [1.29, 1.82) is 0 Å². The molecule has 0 spiro atoms. The van der Waals surface area contributed by atoms with Gasteiger partial charge in [0.15, 0.2) is 0 Å². The molecule has 2 aromatic carbocycles. The second kappa shape index (κ2) is 5.06. The van der Waals surface area contributed by atoms with Crippen LogP contribution in [-0.2, 0) is 6.54 Å². The molecule has 0 aliphatic rings. The molecule has 0 radical (unpaired) electrons. The van der Waals surface area contributed by atoms with E-state index in [4.69, 9.17) is 5.73 Å². The number of aromatic nitrogens is 2. The van der Waals surface area contributed by atoms with Gasteiger partial charge in [-0.2, -0.15) is 0 Å². The van der Waals surface area contributed by atoms with Crippen molar-refractivity contribution in [3.8, 4) is 0 Å². The van der Waals surface area contributed by atoms with E-state index < -0.39 is 0 Å². The Morgan fingerprint density at radius 3 is 2.65 bits per heavy atom. The number of nitrogens with zero attached hydrogens (tertiary/aromatic N) is 2. The summed E-state index contributed by atoms with van der Waals surface area (Å²) < 4.78 is 15.4. The standard InChI is InChI=1S/C16H16FN3/c1-2-20-14-10-12(17)8-9-13(14)19-16(20)15(18)11-6-4-3-5-7-11/h3-10,15H,2,18H2,1H3. The van der Waals surface area contributed by atoms with Crippen LogP contribution in [0.4, 0.5) is 4.39 Å². The summed E-state index contributed by atoms with van der Waals surface area (Å²) in [5.74, 6) is 0.506. The molecule has 0 amide bonds. The molecule has 20 heavy (non-hydrogen) atoms. The smallest absolute Gasteiger partial charge is 0.131 e. The van der Waals surface area contributed by atoms with E-state index in [1.807, 2.05) is 41.8 Å². The van der Waals surface area contributed by atoms with Crippen LogP contribution in [0.15, 0.2) is 48.5 Å². The molecule has 1 aromatic heterocycles. The van der Waals surface area contributed by atoms with E-state index >= 15 is 0 Å². The van der Waals surface area contributed by atoms with Crippen molar-refractivity contribution in [1.82, 2.24) is 9.55 Å². The Hall–Kier alpha value is -2.20. The molecule has 0 saturated heterocycles. The van der Waals surface area contributed by atoms with E-state index in [-0.39, 0.29) is 11.9 Å². The minimum atomic E-state index is -0.313. The van der Waals surface area contributed by atoms with E-state index in [0.717, 1.165) is 22.4 Å². The molecule has 1 unspecified atom stereocenters.